The van der Waals surface area contributed by atoms with E-state index in [-0.39, 0.29) is 5.91 Å². The molecule has 0 radical (unpaired) electrons. The highest BCUT2D eigenvalue weighted by molar-refractivity contribution is 7.16. The maximum absolute atomic E-state index is 12.4. The molecule has 4 rings (SSSR count). The molecule has 2 heterocycles. The third-order valence-corrected chi connectivity index (χ3v) is 5.36. The van der Waals surface area contributed by atoms with Crippen LogP contribution in [0.5, 0.6) is 0 Å². The molecule has 0 aliphatic rings. The first-order chi connectivity index (χ1) is 12.6. The Morgan fingerprint density at radius 3 is 2.73 bits per heavy atom. The Bertz CT molecular complexity index is 1100. The number of amides is 1. The van der Waals surface area contributed by atoms with Crippen molar-refractivity contribution in [3.05, 3.63) is 76.7 Å². The number of fused-ring (bicyclic) bond motifs is 1. The lowest BCUT2D eigenvalue weighted by atomic mass is 10.1. The first-order valence-electron chi connectivity index (χ1n) is 8.33. The number of benzene rings is 2. The molecule has 5 nitrogen and oxygen atoms in total. The molecule has 0 fully saturated rings. The molecule has 0 aliphatic heterocycles. The first kappa shape index (κ1) is 16.5. The number of aryl methyl sites for hydroxylation is 2. The van der Waals surface area contributed by atoms with Gasteiger partial charge in [-0.05, 0) is 29.3 Å². The van der Waals surface area contributed by atoms with Gasteiger partial charge in [0.25, 0.3) is 5.91 Å². The fraction of sp³-hybridized carbons (Fsp3) is 0.150. The van der Waals surface area contributed by atoms with Crippen molar-refractivity contribution in [2.24, 2.45) is 7.05 Å². The van der Waals surface area contributed by atoms with E-state index in [1.54, 1.807) is 24.0 Å². The topological polar surface area (TPSA) is 59.8 Å². The number of aromatic nitrogens is 3. The van der Waals surface area contributed by atoms with E-state index < -0.39 is 0 Å². The summed E-state index contributed by atoms with van der Waals surface area (Å²) >= 11 is 1.52. The average Bonchev–Trinajstić information content (AvgIpc) is 3.20. The molecule has 0 atom stereocenters. The first-order valence-corrected chi connectivity index (χ1v) is 9.15. The van der Waals surface area contributed by atoms with Gasteiger partial charge in [0.05, 0.1) is 10.7 Å². The summed E-state index contributed by atoms with van der Waals surface area (Å²) in [6, 6.07) is 16.5. The molecule has 1 N–H and O–H groups in total. The van der Waals surface area contributed by atoms with Gasteiger partial charge in [-0.1, -0.05) is 42.5 Å². The summed E-state index contributed by atoms with van der Waals surface area (Å²) in [5.74, 6) is -0.172. The van der Waals surface area contributed by atoms with Crippen LogP contribution in [0.15, 0.2) is 54.7 Å². The van der Waals surface area contributed by atoms with E-state index >= 15 is 0 Å². The number of nitrogens with zero attached hydrogens (tertiary/aromatic N) is 3. The van der Waals surface area contributed by atoms with Gasteiger partial charge in [-0.2, -0.15) is 5.10 Å². The molecule has 2 aromatic heterocycles. The molecule has 0 spiro atoms. The number of hydrogen-bond acceptors (Lipinski definition) is 4. The van der Waals surface area contributed by atoms with Crippen LogP contribution in [0, 0.1) is 6.92 Å². The van der Waals surface area contributed by atoms with Gasteiger partial charge >= 0.3 is 0 Å². The van der Waals surface area contributed by atoms with Crippen molar-refractivity contribution < 1.29 is 4.79 Å². The van der Waals surface area contributed by atoms with Crippen LogP contribution in [0.4, 0.5) is 5.00 Å². The van der Waals surface area contributed by atoms with E-state index in [0.29, 0.717) is 5.69 Å². The summed E-state index contributed by atoms with van der Waals surface area (Å²) in [4.78, 5) is 17.0. The molecule has 0 aliphatic carbocycles. The SMILES string of the molecule is Cc1nc(Cc2ccc3ccccc3c2)sc1NC(=O)c1ccnn1C. The minimum atomic E-state index is -0.172. The Hall–Kier alpha value is -2.99. The molecule has 0 unspecified atom stereocenters. The molecule has 0 bridgehead atoms. The van der Waals surface area contributed by atoms with Gasteiger partial charge in [0.2, 0.25) is 0 Å². The molecule has 1 amide bonds. The zero-order chi connectivity index (χ0) is 18.1. The summed E-state index contributed by atoms with van der Waals surface area (Å²) in [6.07, 6.45) is 2.36. The van der Waals surface area contributed by atoms with E-state index in [1.165, 1.54) is 27.7 Å². The minimum absolute atomic E-state index is 0.172. The number of anilines is 1. The summed E-state index contributed by atoms with van der Waals surface area (Å²) in [5.41, 5.74) is 2.57. The van der Waals surface area contributed by atoms with Gasteiger partial charge in [-0.15, -0.1) is 11.3 Å². The monoisotopic (exact) mass is 362 g/mol. The number of carbonyl (C=O) groups is 1. The molecule has 4 aromatic rings. The normalized spacial score (nSPS) is 11.0. The summed E-state index contributed by atoms with van der Waals surface area (Å²) < 4.78 is 1.56. The van der Waals surface area contributed by atoms with Crippen molar-refractivity contribution in [3.8, 4) is 0 Å². The summed E-state index contributed by atoms with van der Waals surface area (Å²) in [7, 11) is 1.75. The van der Waals surface area contributed by atoms with Gasteiger partial charge in [-0.3, -0.25) is 9.48 Å². The van der Waals surface area contributed by atoms with Crippen molar-refractivity contribution in [1.29, 1.82) is 0 Å². The molecule has 6 heteroatoms. The molecular weight excluding hydrogens is 344 g/mol. The third-order valence-electron chi connectivity index (χ3n) is 4.29. The Morgan fingerprint density at radius 1 is 1.15 bits per heavy atom. The van der Waals surface area contributed by atoms with Crippen LogP contribution in [0.25, 0.3) is 10.8 Å². The van der Waals surface area contributed by atoms with Gasteiger partial charge < -0.3 is 5.32 Å². The number of nitrogens with one attached hydrogen (secondary N) is 1. The Kier molecular flexibility index (Phi) is 4.26. The Balaban J connectivity index is 1.54. The highest BCUT2D eigenvalue weighted by atomic mass is 32.1. The van der Waals surface area contributed by atoms with Crippen LogP contribution in [0.1, 0.15) is 26.8 Å². The largest absolute Gasteiger partial charge is 0.311 e. The lowest BCUT2D eigenvalue weighted by Crippen LogP contribution is -2.15. The Morgan fingerprint density at radius 2 is 1.96 bits per heavy atom. The fourth-order valence-corrected chi connectivity index (χ4v) is 3.93. The number of carbonyl (C=O) groups excluding carboxylic acids is 1. The summed E-state index contributed by atoms with van der Waals surface area (Å²) in [6.45, 7) is 1.92. The fourth-order valence-electron chi connectivity index (χ4n) is 2.93. The van der Waals surface area contributed by atoms with Crippen molar-refractivity contribution in [2.75, 3.05) is 5.32 Å². The van der Waals surface area contributed by atoms with Crippen molar-refractivity contribution in [2.45, 2.75) is 13.3 Å². The molecule has 0 saturated carbocycles. The minimum Gasteiger partial charge on any atom is -0.311 e. The van der Waals surface area contributed by atoms with Gasteiger partial charge in [0.1, 0.15) is 10.7 Å². The quantitative estimate of drug-likeness (QED) is 0.592. The predicted molar refractivity (Wildman–Crippen MR) is 105 cm³/mol. The van der Waals surface area contributed by atoms with E-state index in [0.717, 1.165) is 22.1 Å². The van der Waals surface area contributed by atoms with Crippen LogP contribution in [0.3, 0.4) is 0 Å². The third kappa shape index (κ3) is 3.23. The van der Waals surface area contributed by atoms with Gasteiger partial charge in [-0.25, -0.2) is 4.98 Å². The van der Waals surface area contributed by atoms with Crippen LogP contribution in [-0.2, 0) is 13.5 Å². The van der Waals surface area contributed by atoms with Crippen LogP contribution in [-0.4, -0.2) is 20.7 Å². The maximum Gasteiger partial charge on any atom is 0.274 e. The van der Waals surface area contributed by atoms with Crippen LogP contribution in [0.2, 0.25) is 0 Å². The standard InChI is InChI=1S/C20H18N4OS/c1-13-20(23-19(25)17-9-10-21-24(17)2)26-18(22-13)12-14-7-8-15-5-3-4-6-16(15)11-14/h3-11H,12H2,1-2H3,(H,23,25). The van der Waals surface area contributed by atoms with Crippen molar-refractivity contribution in [1.82, 2.24) is 14.8 Å². The lowest BCUT2D eigenvalue weighted by Gasteiger charge is -2.03. The second kappa shape index (κ2) is 6.72. The summed E-state index contributed by atoms with van der Waals surface area (Å²) in [5, 5.41) is 11.2. The molecule has 0 saturated heterocycles. The molecule has 26 heavy (non-hydrogen) atoms. The predicted octanol–water partition coefficient (Wildman–Crippen LogP) is 4.18. The maximum atomic E-state index is 12.4. The van der Waals surface area contributed by atoms with Crippen molar-refractivity contribution >= 4 is 33.0 Å². The van der Waals surface area contributed by atoms with E-state index in [9.17, 15) is 4.79 Å². The zero-order valence-corrected chi connectivity index (χ0v) is 15.4. The number of thiazole rings is 1. The van der Waals surface area contributed by atoms with E-state index in [2.05, 4.69) is 45.7 Å². The zero-order valence-electron chi connectivity index (χ0n) is 14.6. The second-order valence-electron chi connectivity index (χ2n) is 6.17. The van der Waals surface area contributed by atoms with Gasteiger partial charge in [0, 0.05) is 19.7 Å². The molecule has 2 aromatic carbocycles. The molecule has 130 valence electrons. The van der Waals surface area contributed by atoms with E-state index in [1.807, 2.05) is 19.1 Å². The highest BCUT2D eigenvalue weighted by Crippen LogP contribution is 2.27. The lowest BCUT2D eigenvalue weighted by molar-refractivity contribution is 0.101. The van der Waals surface area contributed by atoms with Crippen molar-refractivity contribution in [3.63, 3.8) is 0 Å². The highest BCUT2D eigenvalue weighted by Gasteiger charge is 2.15. The van der Waals surface area contributed by atoms with E-state index in [4.69, 9.17) is 0 Å². The van der Waals surface area contributed by atoms with Gasteiger partial charge in [0.15, 0.2) is 0 Å². The number of hydrogen-bond donors (Lipinski definition) is 1. The second-order valence-corrected chi connectivity index (χ2v) is 7.26. The smallest absolute Gasteiger partial charge is 0.274 e. The van der Waals surface area contributed by atoms with Crippen LogP contribution >= 0.6 is 11.3 Å². The van der Waals surface area contributed by atoms with Crippen LogP contribution < -0.4 is 5.32 Å². The Labute approximate surface area is 155 Å². The number of rotatable bonds is 4. The molecular formula is C20H18N4OS. The average molecular weight is 362 g/mol.